The lowest BCUT2D eigenvalue weighted by atomic mass is 9.93. The molecule has 3 nitrogen and oxygen atoms in total. The Labute approximate surface area is 114 Å². The van der Waals surface area contributed by atoms with E-state index in [1.165, 1.54) is 0 Å². The van der Waals surface area contributed by atoms with E-state index in [4.69, 9.17) is 11.6 Å². The summed E-state index contributed by atoms with van der Waals surface area (Å²) in [6.07, 6.45) is 0. The zero-order valence-corrected chi connectivity index (χ0v) is 11.7. The van der Waals surface area contributed by atoms with Gasteiger partial charge < -0.3 is 15.3 Å². The fourth-order valence-corrected chi connectivity index (χ4v) is 2.56. The van der Waals surface area contributed by atoms with Gasteiger partial charge in [-0.05, 0) is 29.7 Å². The van der Waals surface area contributed by atoms with Crippen LogP contribution in [0.2, 0.25) is 5.02 Å². The zero-order valence-electron chi connectivity index (χ0n) is 11.0. The van der Waals surface area contributed by atoms with E-state index >= 15 is 0 Å². The van der Waals surface area contributed by atoms with Gasteiger partial charge in [-0.15, -0.1) is 0 Å². The number of hydrogen-bond acceptors (Lipinski definition) is 3. The summed E-state index contributed by atoms with van der Waals surface area (Å²) in [5.41, 5.74) is 1.30. The summed E-state index contributed by atoms with van der Waals surface area (Å²) in [6.45, 7) is 7.33. The van der Waals surface area contributed by atoms with Crippen LogP contribution in [-0.2, 0) is 0 Å². The molecule has 0 aliphatic carbocycles. The molecule has 1 unspecified atom stereocenters. The number of aliphatic hydroxyl groups is 1. The maximum atomic E-state index is 9.56. The predicted octanol–water partition coefficient (Wildman–Crippen LogP) is 2.14. The molecule has 0 aromatic heterocycles. The highest BCUT2D eigenvalue weighted by atomic mass is 35.5. The van der Waals surface area contributed by atoms with Crippen molar-refractivity contribution in [2.24, 2.45) is 5.41 Å². The van der Waals surface area contributed by atoms with Crippen LogP contribution in [0.25, 0.3) is 0 Å². The third-order valence-corrected chi connectivity index (χ3v) is 3.64. The molecule has 2 rings (SSSR count). The SMILES string of the molecule is CC1(C)CNCC(CO)N(c2ccc(Cl)cc2)C1. The summed E-state index contributed by atoms with van der Waals surface area (Å²) in [6, 6.07) is 7.96. The quantitative estimate of drug-likeness (QED) is 0.863. The Hall–Kier alpha value is -0.770. The average molecular weight is 269 g/mol. The Morgan fingerprint density at radius 3 is 2.67 bits per heavy atom. The Morgan fingerprint density at radius 1 is 1.39 bits per heavy atom. The van der Waals surface area contributed by atoms with Gasteiger partial charge >= 0.3 is 0 Å². The highest BCUT2D eigenvalue weighted by Crippen LogP contribution is 2.27. The van der Waals surface area contributed by atoms with Gasteiger partial charge in [-0.1, -0.05) is 25.4 Å². The van der Waals surface area contributed by atoms with E-state index in [1.54, 1.807) is 0 Å². The smallest absolute Gasteiger partial charge is 0.0647 e. The minimum atomic E-state index is 0.118. The second-order valence-electron chi connectivity index (χ2n) is 5.74. The van der Waals surface area contributed by atoms with E-state index in [0.29, 0.717) is 0 Å². The maximum Gasteiger partial charge on any atom is 0.0647 e. The van der Waals surface area contributed by atoms with Crippen LogP contribution in [0.15, 0.2) is 24.3 Å². The average Bonchev–Trinajstić information content (AvgIpc) is 2.48. The minimum absolute atomic E-state index is 0.118. The van der Waals surface area contributed by atoms with Crippen LogP contribution in [0.5, 0.6) is 0 Å². The van der Waals surface area contributed by atoms with Crippen LogP contribution in [-0.4, -0.2) is 37.4 Å². The number of nitrogens with zero attached hydrogens (tertiary/aromatic N) is 1. The van der Waals surface area contributed by atoms with Crippen LogP contribution in [0.4, 0.5) is 5.69 Å². The third-order valence-electron chi connectivity index (χ3n) is 3.39. The van der Waals surface area contributed by atoms with E-state index < -0.39 is 0 Å². The Bertz CT molecular complexity index is 391. The molecule has 0 spiro atoms. The molecule has 18 heavy (non-hydrogen) atoms. The van der Waals surface area contributed by atoms with E-state index in [1.807, 2.05) is 24.3 Å². The van der Waals surface area contributed by atoms with Crippen molar-refractivity contribution >= 4 is 17.3 Å². The van der Waals surface area contributed by atoms with Crippen LogP contribution in [0.3, 0.4) is 0 Å². The topological polar surface area (TPSA) is 35.5 Å². The second kappa shape index (κ2) is 5.47. The Morgan fingerprint density at radius 2 is 2.06 bits per heavy atom. The lowest BCUT2D eigenvalue weighted by molar-refractivity contribution is 0.258. The van der Waals surface area contributed by atoms with Gasteiger partial charge in [-0.3, -0.25) is 0 Å². The number of aliphatic hydroxyl groups excluding tert-OH is 1. The molecule has 0 bridgehead atoms. The van der Waals surface area contributed by atoms with Crippen LogP contribution >= 0.6 is 11.6 Å². The molecule has 2 N–H and O–H groups in total. The van der Waals surface area contributed by atoms with Gasteiger partial charge in [0.05, 0.1) is 12.6 Å². The molecule has 0 amide bonds. The van der Waals surface area contributed by atoms with Crippen molar-refractivity contribution in [3.63, 3.8) is 0 Å². The predicted molar refractivity (Wildman–Crippen MR) is 76.3 cm³/mol. The van der Waals surface area contributed by atoms with Crippen molar-refractivity contribution in [3.05, 3.63) is 29.3 Å². The molecule has 1 saturated heterocycles. The number of benzene rings is 1. The first kappa shape index (κ1) is 13.7. The van der Waals surface area contributed by atoms with Crippen molar-refractivity contribution in [2.45, 2.75) is 19.9 Å². The highest BCUT2D eigenvalue weighted by molar-refractivity contribution is 6.30. The molecule has 1 aromatic rings. The summed E-state index contributed by atoms with van der Waals surface area (Å²) in [5, 5.41) is 13.7. The van der Waals surface area contributed by atoms with Gasteiger partial charge in [0.25, 0.3) is 0 Å². The molecule has 4 heteroatoms. The molecule has 1 aliphatic heterocycles. The van der Waals surface area contributed by atoms with E-state index in [9.17, 15) is 5.11 Å². The van der Waals surface area contributed by atoms with Crippen molar-refractivity contribution in [1.82, 2.24) is 5.32 Å². The molecule has 1 aliphatic rings. The lowest BCUT2D eigenvalue weighted by Crippen LogP contribution is -2.44. The molecular formula is C14H21ClN2O. The molecule has 1 aromatic carbocycles. The Balaban J connectivity index is 2.27. The number of nitrogens with one attached hydrogen (secondary N) is 1. The fourth-order valence-electron chi connectivity index (χ4n) is 2.43. The monoisotopic (exact) mass is 268 g/mol. The third kappa shape index (κ3) is 3.16. The standard InChI is InChI=1S/C14H21ClN2O/c1-14(2)9-16-7-13(8-18)17(10-14)12-5-3-11(15)4-6-12/h3-6,13,16,18H,7-10H2,1-2H3. The zero-order chi connectivity index (χ0) is 13.2. The van der Waals surface area contributed by atoms with E-state index in [2.05, 4.69) is 24.1 Å². The fraction of sp³-hybridized carbons (Fsp3) is 0.571. The van der Waals surface area contributed by atoms with Crippen LogP contribution in [0, 0.1) is 5.41 Å². The maximum absolute atomic E-state index is 9.56. The van der Waals surface area contributed by atoms with Crippen LogP contribution < -0.4 is 10.2 Å². The number of rotatable bonds is 2. The first-order valence-electron chi connectivity index (χ1n) is 6.36. The second-order valence-corrected chi connectivity index (χ2v) is 6.17. The summed E-state index contributed by atoms with van der Waals surface area (Å²) in [7, 11) is 0. The van der Waals surface area contributed by atoms with Gasteiger partial charge in [0, 0.05) is 30.3 Å². The first-order chi connectivity index (χ1) is 8.52. The van der Waals surface area contributed by atoms with E-state index in [0.717, 1.165) is 30.3 Å². The van der Waals surface area contributed by atoms with Gasteiger partial charge in [-0.2, -0.15) is 0 Å². The van der Waals surface area contributed by atoms with Crippen molar-refractivity contribution in [2.75, 3.05) is 31.1 Å². The van der Waals surface area contributed by atoms with Gasteiger partial charge in [0.1, 0.15) is 0 Å². The van der Waals surface area contributed by atoms with Gasteiger partial charge in [0.15, 0.2) is 0 Å². The van der Waals surface area contributed by atoms with E-state index in [-0.39, 0.29) is 18.1 Å². The molecule has 0 saturated carbocycles. The highest BCUT2D eigenvalue weighted by Gasteiger charge is 2.30. The molecule has 1 atom stereocenters. The molecular weight excluding hydrogens is 248 g/mol. The molecule has 0 radical (unpaired) electrons. The summed E-state index contributed by atoms with van der Waals surface area (Å²) >= 11 is 5.93. The van der Waals surface area contributed by atoms with Gasteiger partial charge in [-0.25, -0.2) is 0 Å². The molecule has 100 valence electrons. The summed E-state index contributed by atoms with van der Waals surface area (Å²) < 4.78 is 0. The van der Waals surface area contributed by atoms with Crippen molar-refractivity contribution < 1.29 is 5.11 Å². The molecule has 1 heterocycles. The number of halogens is 1. The normalized spacial score (nSPS) is 23.8. The largest absolute Gasteiger partial charge is 0.394 e. The summed E-state index contributed by atoms with van der Waals surface area (Å²) in [4.78, 5) is 2.27. The number of hydrogen-bond donors (Lipinski definition) is 2. The Kier molecular flexibility index (Phi) is 4.15. The first-order valence-corrected chi connectivity index (χ1v) is 6.73. The summed E-state index contributed by atoms with van der Waals surface area (Å²) in [5.74, 6) is 0. The van der Waals surface area contributed by atoms with Crippen molar-refractivity contribution in [3.8, 4) is 0 Å². The molecule has 1 fully saturated rings. The minimum Gasteiger partial charge on any atom is -0.394 e. The van der Waals surface area contributed by atoms with Crippen LogP contribution in [0.1, 0.15) is 13.8 Å². The van der Waals surface area contributed by atoms with Crippen molar-refractivity contribution in [1.29, 1.82) is 0 Å². The number of anilines is 1. The lowest BCUT2D eigenvalue weighted by Gasteiger charge is -2.35. The van der Waals surface area contributed by atoms with Gasteiger partial charge in [0.2, 0.25) is 0 Å².